The van der Waals surface area contributed by atoms with E-state index >= 15 is 0 Å². The molecule has 1 aliphatic rings. The van der Waals surface area contributed by atoms with Crippen LogP contribution in [0.4, 0.5) is 5.82 Å². The van der Waals surface area contributed by atoms with Crippen molar-refractivity contribution in [1.82, 2.24) is 24.3 Å². The second-order valence-corrected chi connectivity index (χ2v) is 8.89. The summed E-state index contributed by atoms with van der Waals surface area (Å²) >= 11 is 0. The Morgan fingerprint density at radius 3 is 2.37 bits per heavy atom. The molecule has 0 saturated carbocycles. The highest BCUT2D eigenvalue weighted by Crippen LogP contribution is 2.25. The number of ether oxygens (including phenoxy) is 1. The van der Waals surface area contributed by atoms with Crippen molar-refractivity contribution in [3.05, 3.63) is 54.4 Å². The molecule has 2 aromatic heterocycles. The first-order valence-corrected chi connectivity index (χ1v) is 11.3. The molecule has 0 unspecified atom stereocenters. The molecule has 3 aromatic rings. The number of benzene rings is 1. The average Bonchev–Trinajstić information content (AvgIpc) is 3.30. The first-order chi connectivity index (χ1) is 14.5. The minimum absolute atomic E-state index is 0.292. The Labute approximate surface area is 176 Å². The molecule has 0 N–H and O–H groups in total. The molecular weight excluding hydrogens is 404 g/mol. The van der Waals surface area contributed by atoms with Crippen molar-refractivity contribution >= 4 is 15.8 Å². The Morgan fingerprint density at radius 1 is 1.03 bits per heavy atom. The largest absolute Gasteiger partial charge is 0.494 e. The Morgan fingerprint density at radius 2 is 1.77 bits per heavy atom. The molecule has 158 valence electrons. The van der Waals surface area contributed by atoms with Gasteiger partial charge in [-0.15, -0.1) is 10.2 Å². The van der Waals surface area contributed by atoms with Crippen LogP contribution in [0.3, 0.4) is 0 Å². The molecule has 0 bridgehead atoms. The molecule has 3 heterocycles. The van der Waals surface area contributed by atoms with Crippen LogP contribution in [0.25, 0.3) is 5.82 Å². The highest BCUT2D eigenvalue weighted by atomic mass is 32.2. The van der Waals surface area contributed by atoms with Gasteiger partial charge in [-0.3, -0.25) is 0 Å². The summed E-state index contributed by atoms with van der Waals surface area (Å²) in [5.74, 6) is 2.06. The predicted molar refractivity (Wildman–Crippen MR) is 112 cm³/mol. The number of rotatable bonds is 6. The van der Waals surface area contributed by atoms with Gasteiger partial charge in [-0.2, -0.15) is 9.40 Å². The highest BCUT2D eigenvalue weighted by molar-refractivity contribution is 7.89. The molecule has 4 rings (SSSR count). The van der Waals surface area contributed by atoms with E-state index in [4.69, 9.17) is 4.74 Å². The molecule has 30 heavy (non-hydrogen) atoms. The van der Waals surface area contributed by atoms with Gasteiger partial charge in [0.15, 0.2) is 11.6 Å². The van der Waals surface area contributed by atoms with E-state index in [1.165, 1.54) is 4.31 Å². The number of aryl methyl sites for hydroxylation is 1. The second-order valence-electron chi connectivity index (χ2n) is 6.95. The first-order valence-electron chi connectivity index (χ1n) is 9.81. The van der Waals surface area contributed by atoms with E-state index in [1.54, 1.807) is 35.3 Å². The molecule has 1 aliphatic heterocycles. The molecule has 1 fully saturated rings. The standard InChI is InChI=1S/C20H24N6O3S/c1-3-29-18-6-5-17(15-16(18)2)30(27,28)25-13-11-24(12-14-25)19-7-8-20(23-22-19)26-10-4-9-21-26/h4-10,15H,3,11-14H2,1-2H3. The summed E-state index contributed by atoms with van der Waals surface area (Å²) in [6, 6.07) is 10.6. The monoisotopic (exact) mass is 428 g/mol. The summed E-state index contributed by atoms with van der Waals surface area (Å²) in [4.78, 5) is 2.33. The lowest BCUT2D eigenvalue weighted by Gasteiger charge is -2.34. The SMILES string of the molecule is CCOc1ccc(S(=O)(=O)N2CCN(c3ccc(-n4cccn4)nn3)CC2)cc1C. The molecule has 1 aromatic carbocycles. The molecule has 10 heteroatoms. The van der Waals surface area contributed by atoms with E-state index in [9.17, 15) is 8.42 Å². The molecule has 0 spiro atoms. The lowest BCUT2D eigenvalue weighted by atomic mass is 10.2. The van der Waals surface area contributed by atoms with Crippen molar-refractivity contribution in [2.45, 2.75) is 18.7 Å². The van der Waals surface area contributed by atoms with Crippen LogP contribution in [-0.4, -0.2) is 65.5 Å². The summed E-state index contributed by atoms with van der Waals surface area (Å²) < 4.78 is 34.8. The van der Waals surface area contributed by atoms with Crippen molar-refractivity contribution in [1.29, 1.82) is 0 Å². The maximum absolute atomic E-state index is 13.1. The topological polar surface area (TPSA) is 93.5 Å². The van der Waals surface area contributed by atoms with Crippen molar-refractivity contribution in [3.63, 3.8) is 0 Å². The van der Waals surface area contributed by atoms with Gasteiger partial charge in [0.25, 0.3) is 0 Å². The summed E-state index contributed by atoms with van der Waals surface area (Å²) in [6.07, 6.45) is 3.48. The van der Waals surface area contributed by atoms with Crippen LogP contribution in [-0.2, 0) is 10.0 Å². The van der Waals surface area contributed by atoms with E-state index in [1.807, 2.05) is 36.9 Å². The fraction of sp³-hybridized carbons (Fsp3) is 0.350. The fourth-order valence-corrected chi connectivity index (χ4v) is 4.93. The Kier molecular flexibility index (Phi) is 5.69. The zero-order chi connectivity index (χ0) is 21.1. The zero-order valence-corrected chi connectivity index (χ0v) is 17.8. The summed E-state index contributed by atoms with van der Waals surface area (Å²) in [7, 11) is -3.55. The summed E-state index contributed by atoms with van der Waals surface area (Å²) in [5.41, 5.74) is 0.809. The molecule has 0 aliphatic carbocycles. The van der Waals surface area contributed by atoms with Gasteiger partial charge >= 0.3 is 0 Å². The van der Waals surface area contributed by atoms with Crippen LogP contribution < -0.4 is 9.64 Å². The normalized spacial score (nSPS) is 15.3. The third-order valence-corrected chi connectivity index (χ3v) is 6.92. The molecular formula is C20H24N6O3S. The lowest BCUT2D eigenvalue weighted by Crippen LogP contribution is -2.49. The third kappa shape index (κ3) is 4.01. The summed E-state index contributed by atoms with van der Waals surface area (Å²) in [6.45, 7) is 6.16. The number of anilines is 1. The number of hydrogen-bond donors (Lipinski definition) is 0. The number of aromatic nitrogens is 4. The van der Waals surface area contributed by atoms with Crippen LogP contribution in [0.2, 0.25) is 0 Å². The van der Waals surface area contributed by atoms with E-state index in [-0.39, 0.29) is 0 Å². The maximum atomic E-state index is 13.1. The van der Waals surface area contributed by atoms with Crippen molar-refractivity contribution in [2.75, 3.05) is 37.7 Å². The highest BCUT2D eigenvalue weighted by Gasteiger charge is 2.29. The fourth-order valence-electron chi connectivity index (χ4n) is 3.42. The lowest BCUT2D eigenvalue weighted by molar-refractivity contribution is 0.337. The van der Waals surface area contributed by atoms with Gasteiger partial charge < -0.3 is 9.64 Å². The minimum atomic E-state index is -3.55. The van der Waals surface area contributed by atoms with Crippen molar-refractivity contribution < 1.29 is 13.2 Å². The average molecular weight is 429 g/mol. The van der Waals surface area contributed by atoms with Gasteiger partial charge in [-0.1, -0.05) is 0 Å². The van der Waals surface area contributed by atoms with E-state index in [0.29, 0.717) is 49.2 Å². The number of hydrogen-bond acceptors (Lipinski definition) is 7. The minimum Gasteiger partial charge on any atom is -0.494 e. The van der Waals surface area contributed by atoms with Crippen LogP contribution >= 0.6 is 0 Å². The van der Waals surface area contributed by atoms with Gasteiger partial charge in [0.2, 0.25) is 10.0 Å². The van der Waals surface area contributed by atoms with Crippen LogP contribution in [0.15, 0.2) is 53.7 Å². The van der Waals surface area contributed by atoms with E-state index in [0.717, 1.165) is 11.4 Å². The number of nitrogens with zero attached hydrogens (tertiary/aromatic N) is 6. The van der Waals surface area contributed by atoms with Crippen LogP contribution in [0, 0.1) is 6.92 Å². The smallest absolute Gasteiger partial charge is 0.243 e. The third-order valence-electron chi connectivity index (χ3n) is 5.02. The quantitative estimate of drug-likeness (QED) is 0.592. The molecule has 1 saturated heterocycles. The second kappa shape index (κ2) is 8.41. The Hall–Kier alpha value is -2.98. The van der Waals surface area contributed by atoms with E-state index in [2.05, 4.69) is 15.3 Å². The van der Waals surface area contributed by atoms with Gasteiger partial charge in [0, 0.05) is 38.6 Å². The number of piperazine rings is 1. The van der Waals surface area contributed by atoms with Gasteiger partial charge in [-0.05, 0) is 55.8 Å². The molecule has 0 atom stereocenters. The van der Waals surface area contributed by atoms with Crippen molar-refractivity contribution in [3.8, 4) is 11.6 Å². The molecule has 9 nitrogen and oxygen atoms in total. The first kappa shape index (κ1) is 20.3. The van der Waals surface area contributed by atoms with Crippen molar-refractivity contribution in [2.24, 2.45) is 0 Å². The Bertz CT molecular complexity index is 1090. The maximum Gasteiger partial charge on any atom is 0.243 e. The van der Waals surface area contributed by atoms with Crippen LogP contribution in [0.1, 0.15) is 12.5 Å². The Balaban J connectivity index is 1.43. The molecule has 0 radical (unpaired) electrons. The predicted octanol–water partition coefficient (Wildman–Crippen LogP) is 1.88. The van der Waals surface area contributed by atoms with Gasteiger partial charge in [-0.25, -0.2) is 13.1 Å². The number of sulfonamides is 1. The van der Waals surface area contributed by atoms with Gasteiger partial charge in [0.05, 0.1) is 11.5 Å². The van der Waals surface area contributed by atoms with E-state index < -0.39 is 10.0 Å². The molecule has 0 amide bonds. The van der Waals surface area contributed by atoms with Gasteiger partial charge in [0.1, 0.15) is 5.75 Å². The zero-order valence-electron chi connectivity index (χ0n) is 17.0. The van der Waals surface area contributed by atoms with Crippen LogP contribution in [0.5, 0.6) is 5.75 Å². The summed E-state index contributed by atoms with van der Waals surface area (Å²) in [5, 5.41) is 12.6.